The van der Waals surface area contributed by atoms with Gasteiger partial charge >= 0.3 is 0 Å². The number of aliphatic hydroxyl groups is 1. The highest BCUT2D eigenvalue weighted by molar-refractivity contribution is 6.04. The predicted molar refractivity (Wildman–Crippen MR) is 72.6 cm³/mol. The molecule has 1 aromatic carbocycles. The van der Waals surface area contributed by atoms with E-state index in [1.807, 2.05) is 13.0 Å². The second kappa shape index (κ2) is 6.02. The van der Waals surface area contributed by atoms with E-state index in [0.29, 0.717) is 24.3 Å². The van der Waals surface area contributed by atoms with Gasteiger partial charge in [-0.15, -0.1) is 0 Å². The third kappa shape index (κ3) is 2.81. The van der Waals surface area contributed by atoms with E-state index in [-0.39, 0.29) is 5.78 Å². The average Bonchev–Trinajstić information content (AvgIpc) is 2.60. The molecule has 6 heteroatoms. The van der Waals surface area contributed by atoms with Crippen molar-refractivity contribution in [3.8, 4) is 5.75 Å². The summed E-state index contributed by atoms with van der Waals surface area (Å²) in [5.41, 5.74) is 6.78. The molecule has 1 aliphatic rings. The fourth-order valence-corrected chi connectivity index (χ4v) is 2.14. The highest BCUT2D eigenvalue weighted by Crippen LogP contribution is 2.27. The van der Waals surface area contributed by atoms with E-state index < -0.39 is 24.6 Å². The third-order valence-electron chi connectivity index (χ3n) is 3.30. The summed E-state index contributed by atoms with van der Waals surface area (Å²) in [6, 6.07) is 3.62. The molecule has 0 saturated carbocycles. The van der Waals surface area contributed by atoms with Gasteiger partial charge in [0.05, 0.1) is 24.8 Å². The van der Waals surface area contributed by atoms with Crippen LogP contribution in [0.15, 0.2) is 18.2 Å². The zero-order valence-corrected chi connectivity index (χ0v) is 11.3. The third-order valence-corrected chi connectivity index (χ3v) is 3.30. The maximum atomic E-state index is 12.4. The number of fused-ring (bicyclic) bond motifs is 1. The molecule has 2 atom stereocenters. The lowest BCUT2D eigenvalue weighted by molar-refractivity contribution is -0.123. The summed E-state index contributed by atoms with van der Waals surface area (Å²) in [5.74, 6) is -0.164. The Balaban J connectivity index is 2.22. The van der Waals surface area contributed by atoms with Crippen molar-refractivity contribution in [3.05, 3.63) is 29.3 Å². The van der Waals surface area contributed by atoms with Crippen LogP contribution in [0.25, 0.3) is 0 Å². The lowest BCUT2D eigenvalue weighted by Gasteiger charge is -2.17. The molecule has 0 saturated heterocycles. The Kier molecular flexibility index (Phi) is 4.36. The quantitative estimate of drug-likeness (QED) is 0.708. The van der Waals surface area contributed by atoms with Crippen molar-refractivity contribution in [2.24, 2.45) is 5.73 Å². The molecule has 0 fully saturated rings. The molecule has 1 aliphatic heterocycles. The number of aryl methyl sites for hydroxylation is 1. The Labute approximate surface area is 116 Å². The van der Waals surface area contributed by atoms with Gasteiger partial charge in [0.1, 0.15) is 11.8 Å². The number of hydrogen-bond donors (Lipinski definition) is 3. The first-order valence-corrected chi connectivity index (χ1v) is 6.48. The number of hydrogen-bond acceptors (Lipinski definition) is 5. The second-order valence-corrected chi connectivity index (χ2v) is 4.80. The second-order valence-electron chi connectivity index (χ2n) is 4.80. The van der Waals surface area contributed by atoms with Gasteiger partial charge in [0.25, 0.3) is 0 Å². The van der Waals surface area contributed by atoms with Crippen molar-refractivity contribution in [1.82, 2.24) is 5.32 Å². The summed E-state index contributed by atoms with van der Waals surface area (Å²) < 4.78 is 5.60. The minimum Gasteiger partial charge on any atom is -0.492 e. The van der Waals surface area contributed by atoms with Crippen LogP contribution in [0.5, 0.6) is 5.75 Å². The molecule has 2 rings (SSSR count). The first kappa shape index (κ1) is 14.5. The molecule has 0 aliphatic carbocycles. The van der Waals surface area contributed by atoms with E-state index >= 15 is 0 Å². The molecule has 0 bridgehead atoms. The number of Topliss-reactive ketones (excluding diaryl/α,β-unsaturated/α-hetero) is 1. The topological polar surface area (TPSA) is 102 Å². The van der Waals surface area contributed by atoms with E-state index in [1.54, 1.807) is 12.1 Å². The molecule has 0 radical (unpaired) electrons. The van der Waals surface area contributed by atoms with Gasteiger partial charge in [0, 0.05) is 6.42 Å². The monoisotopic (exact) mass is 278 g/mol. The molecule has 0 aromatic heterocycles. The number of nitrogens with one attached hydrogen (secondary N) is 1. The average molecular weight is 278 g/mol. The molecule has 1 aromatic rings. The molecule has 1 amide bonds. The predicted octanol–water partition coefficient (Wildman–Crippen LogP) is -0.235. The minimum absolute atomic E-state index is 0.195. The molecule has 2 unspecified atom stereocenters. The van der Waals surface area contributed by atoms with E-state index in [2.05, 4.69) is 5.32 Å². The van der Waals surface area contributed by atoms with Gasteiger partial charge in [-0.1, -0.05) is 12.1 Å². The molecule has 1 heterocycles. The van der Waals surface area contributed by atoms with Crippen molar-refractivity contribution in [2.45, 2.75) is 25.4 Å². The van der Waals surface area contributed by atoms with Crippen LogP contribution in [0, 0.1) is 6.92 Å². The fraction of sp³-hybridized carbons (Fsp3) is 0.429. The highest BCUT2D eigenvalue weighted by atomic mass is 16.5. The largest absolute Gasteiger partial charge is 0.492 e. The number of nitrogens with two attached hydrogens (primary N) is 1. The van der Waals surface area contributed by atoms with Gasteiger partial charge in [0.15, 0.2) is 5.78 Å². The van der Waals surface area contributed by atoms with Crippen LogP contribution in [0.3, 0.4) is 0 Å². The van der Waals surface area contributed by atoms with Crippen LogP contribution < -0.4 is 15.8 Å². The molecule has 20 heavy (non-hydrogen) atoms. The summed E-state index contributed by atoms with van der Waals surface area (Å²) in [6.07, 6.45) is 0.372. The number of carbonyl (C=O) groups excluding carboxylic acids is 2. The number of rotatable bonds is 3. The van der Waals surface area contributed by atoms with Crippen LogP contribution in [0.1, 0.15) is 22.3 Å². The van der Waals surface area contributed by atoms with Crippen LogP contribution in [0.2, 0.25) is 0 Å². The molecule has 0 spiro atoms. The molecular formula is C14H18N2O4. The van der Waals surface area contributed by atoms with Gasteiger partial charge < -0.3 is 20.9 Å². The van der Waals surface area contributed by atoms with Gasteiger partial charge in [-0.3, -0.25) is 9.59 Å². The van der Waals surface area contributed by atoms with Crippen molar-refractivity contribution in [3.63, 3.8) is 0 Å². The number of amides is 1. The highest BCUT2D eigenvalue weighted by Gasteiger charge is 2.29. The summed E-state index contributed by atoms with van der Waals surface area (Å²) >= 11 is 0. The van der Waals surface area contributed by atoms with Crippen LogP contribution >= 0.6 is 0 Å². The summed E-state index contributed by atoms with van der Waals surface area (Å²) in [6.45, 7) is 1.74. The van der Waals surface area contributed by atoms with Gasteiger partial charge in [-0.25, -0.2) is 0 Å². The van der Waals surface area contributed by atoms with Crippen LogP contribution in [-0.4, -0.2) is 42.1 Å². The Hall–Kier alpha value is -1.92. The standard InChI is InChI=1S/C14H18N2O4/c1-8-3-2-4-9-12(18)11(5-6-20-13(8)9)16-14(19)10(15)7-17/h2-4,10-11,17H,5-7,15H2,1H3,(H,16,19). The van der Waals surface area contributed by atoms with Gasteiger partial charge in [0.2, 0.25) is 5.91 Å². The first-order chi connectivity index (χ1) is 9.54. The molecule has 6 nitrogen and oxygen atoms in total. The summed E-state index contributed by atoms with van der Waals surface area (Å²) in [7, 11) is 0. The zero-order chi connectivity index (χ0) is 14.7. The molecular weight excluding hydrogens is 260 g/mol. The summed E-state index contributed by atoms with van der Waals surface area (Å²) in [5, 5.41) is 11.4. The lowest BCUT2D eigenvalue weighted by atomic mass is 10.00. The normalized spacial score (nSPS) is 19.6. The van der Waals surface area contributed by atoms with Crippen LogP contribution in [0.4, 0.5) is 0 Å². The van der Waals surface area contributed by atoms with Gasteiger partial charge in [-0.2, -0.15) is 0 Å². The maximum absolute atomic E-state index is 12.4. The van der Waals surface area contributed by atoms with Crippen LogP contribution in [-0.2, 0) is 4.79 Å². The Morgan fingerprint density at radius 3 is 3.05 bits per heavy atom. The fourth-order valence-electron chi connectivity index (χ4n) is 2.14. The summed E-state index contributed by atoms with van der Waals surface area (Å²) in [4.78, 5) is 24.1. The van der Waals surface area contributed by atoms with Crippen molar-refractivity contribution >= 4 is 11.7 Å². The zero-order valence-electron chi connectivity index (χ0n) is 11.3. The smallest absolute Gasteiger partial charge is 0.239 e. The number of carbonyl (C=O) groups is 2. The minimum atomic E-state index is -1.02. The van der Waals surface area contributed by atoms with E-state index in [4.69, 9.17) is 15.6 Å². The number of aliphatic hydroxyl groups excluding tert-OH is 1. The Morgan fingerprint density at radius 1 is 1.60 bits per heavy atom. The molecule has 4 N–H and O–H groups in total. The Morgan fingerprint density at radius 2 is 2.35 bits per heavy atom. The number of benzene rings is 1. The molecule has 108 valence electrons. The number of ketones is 1. The van der Waals surface area contributed by atoms with Gasteiger partial charge in [-0.05, 0) is 18.6 Å². The van der Waals surface area contributed by atoms with E-state index in [0.717, 1.165) is 5.56 Å². The number of para-hydroxylation sites is 1. The van der Waals surface area contributed by atoms with E-state index in [1.165, 1.54) is 0 Å². The van der Waals surface area contributed by atoms with Crippen molar-refractivity contribution in [2.75, 3.05) is 13.2 Å². The Bertz CT molecular complexity index is 530. The van der Waals surface area contributed by atoms with E-state index in [9.17, 15) is 9.59 Å². The first-order valence-electron chi connectivity index (χ1n) is 6.48. The van der Waals surface area contributed by atoms with Crippen molar-refractivity contribution in [1.29, 1.82) is 0 Å². The lowest BCUT2D eigenvalue weighted by Crippen LogP contribution is -2.49. The SMILES string of the molecule is Cc1cccc2c1OCCC(NC(=O)C(N)CO)C2=O. The van der Waals surface area contributed by atoms with Crippen molar-refractivity contribution < 1.29 is 19.4 Å². The number of ether oxygens (including phenoxy) is 1. The maximum Gasteiger partial charge on any atom is 0.239 e.